The lowest BCUT2D eigenvalue weighted by Gasteiger charge is -2.29. The van der Waals surface area contributed by atoms with Crippen molar-refractivity contribution >= 4 is 16.8 Å². The fraction of sp³-hybridized carbons (Fsp3) is 0.360. The first-order valence-corrected chi connectivity index (χ1v) is 11.4. The van der Waals surface area contributed by atoms with Crippen molar-refractivity contribution in [2.24, 2.45) is 5.73 Å². The van der Waals surface area contributed by atoms with Gasteiger partial charge < -0.3 is 24.9 Å². The van der Waals surface area contributed by atoms with Gasteiger partial charge in [0.1, 0.15) is 17.4 Å². The van der Waals surface area contributed by atoms with E-state index < -0.39 is 6.10 Å². The highest BCUT2D eigenvalue weighted by Crippen LogP contribution is 2.34. The van der Waals surface area contributed by atoms with Crippen LogP contribution in [0.15, 0.2) is 53.1 Å². The summed E-state index contributed by atoms with van der Waals surface area (Å²) in [5.74, 6) is 1.21. The lowest BCUT2D eigenvalue weighted by molar-refractivity contribution is 0.122. The van der Waals surface area contributed by atoms with Crippen molar-refractivity contribution in [2.75, 3.05) is 37.7 Å². The van der Waals surface area contributed by atoms with Gasteiger partial charge >= 0.3 is 0 Å². The summed E-state index contributed by atoms with van der Waals surface area (Å²) in [5.41, 5.74) is 11.1. The number of pyridine rings is 1. The van der Waals surface area contributed by atoms with Crippen LogP contribution in [0.5, 0.6) is 0 Å². The maximum absolute atomic E-state index is 10.6. The molecule has 0 amide bonds. The summed E-state index contributed by atoms with van der Waals surface area (Å²) in [5, 5.41) is 15.3. The Kier molecular flexibility index (Phi) is 6.13. The Morgan fingerprint density at radius 1 is 1.15 bits per heavy atom. The molecule has 1 saturated heterocycles. The number of nitrogens with zero attached hydrogens (tertiary/aromatic N) is 4. The number of ether oxygens (including phenoxy) is 1. The molecular weight excluding hydrogens is 418 g/mol. The van der Waals surface area contributed by atoms with E-state index in [1.54, 1.807) is 4.68 Å². The number of furan rings is 1. The van der Waals surface area contributed by atoms with Crippen LogP contribution in [0.4, 0.5) is 5.69 Å². The lowest BCUT2D eigenvalue weighted by Crippen LogP contribution is -2.36. The van der Waals surface area contributed by atoms with E-state index in [0.29, 0.717) is 48.9 Å². The summed E-state index contributed by atoms with van der Waals surface area (Å²) in [6.07, 6.45) is 2.49. The predicted octanol–water partition coefficient (Wildman–Crippen LogP) is 3.60. The third kappa shape index (κ3) is 4.50. The second kappa shape index (κ2) is 9.35. The lowest BCUT2D eigenvalue weighted by atomic mass is 10.1. The van der Waals surface area contributed by atoms with Gasteiger partial charge in [-0.05, 0) is 38.4 Å². The highest BCUT2D eigenvalue weighted by atomic mass is 16.5. The van der Waals surface area contributed by atoms with Gasteiger partial charge in [-0.2, -0.15) is 5.10 Å². The van der Waals surface area contributed by atoms with Crippen LogP contribution in [0.1, 0.15) is 30.3 Å². The Balaban J connectivity index is 1.56. The van der Waals surface area contributed by atoms with Gasteiger partial charge in [-0.15, -0.1) is 0 Å². The minimum Gasteiger partial charge on any atom is -0.454 e. The van der Waals surface area contributed by atoms with Gasteiger partial charge in [0.15, 0.2) is 11.4 Å². The molecule has 1 fully saturated rings. The molecule has 1 aromatic carbocycles. The first-order valence-electron chi connectivity index (χ1n) is 11.4. The smallest absolute Gasteiger partial charge is 0.176 e. The van der Waals surface area contributed by atoms with E-state index in [1.165, 1.54) is 5.56 Å². The van der Waals surface area contributed by atoms with Gasteiger partial charge in [0, 0.05) is 37.0 Å². The molecule has 3 aromatic heterocycles. The Morgan fingerprint density at radius 2 is 2.00 bits per heavy atom. The average Bonchev–Trinajstić information content (AvgIpc) is 3.50. The zero-order chi connectivity index (χ0) is 22.8. The molecule has 1 aliphatic heterocycles. The van der Waals surface area contributed by atoms with Gasteiger partial charge in [0.2, 0.25) is 0 Å². The number of anilines is 1. The van der Waals surface area contributed by atoms with Crippen molar-refractivity contribution in [1.29, 1.82) is 0 Å². The van der Waals surface area contributed by atoms with Crippen molar-refractivity contribution in [3.8, 4) is 17.1 Å². The van der Waals surface area contributed by atoms with Crippen LogP contribution in [0.3, 0.4) is 0 Å². The molecule has 0 spiro atoms. The molecule has 8 nitrogen and oxygen atoms in total. The van der Waals surface area contributed by atoms with Crippen molar-refractivity contribution < 1.29 is 14.3 Å². The summed E-state index contributed by atoms with van der Waals surface area (Å²) < 4.78 is 13.5. The SMILES string of the molecule is Cc1cccc(-c2ccn(-c3cc(N4CCOCC4)c4oc(C(O)CCCN)cc4n3)n2)c1. The van der Waals surface area contributed by atoms with E-state index in [1.807, 2.05) is 30.5 Å². The number of nitrogens with two attached hydrogens (primary N) is 1. The number of fused-ring (bicyclic) bond motifs is 1. The minimum atomic E-state index is -0.707. The third-order valence-corrected chi connectivity index (χ3v) is 5.96. The van der Waals surface area contributed by atoms with Gasteiger partial charge in [-0.1, -0.05) is 23.8 Å². The monoisotopic (exact) mass is 447 g/mol. The molecule has 8 heteroatoms. The van der Waals surface area contributed by atoms with Crippen molar-refractivity contribution in [3.05, 3.63) is 60.0 Å². The van der Waals surface area contributed by atoms with Crippen LogP contribution >= 0.6 is 0 Å². The Bertz CT molecular complexity index is 1240. The number of benzene rings is 1. The minimum absolute atomic E-state index is 0.513. The van der Waals surface area contributed by atoms with Crippen LogP contribution in [-0.4, -0.2) is 52.7 Å². The molecule has 0 saturated carbocycles. The zero-order valence-corrected chi connectivity index (χ0v) is 18.8. The number of aliphatic hydroxyl groups excluding tert-OH is 1. The van der Waals surface area contributed by atoms with E-state index >= 15 is 0 Å². The largest absolute Gasteiger partial charge is 0.454 e. The summed E-state index contributed by atoms with van der Waals surface area (Å²) >= 11 is 0. The summed E-state index contributed by atoms with van der Waals surface area (Å²) in [6.45, 7) is 5.44. The molecule has 172 valence electrons. The third-order valence-electron chi connectivity index (χ3n) is 5.96. The second-order valence-corrected chi connectivity index (χ2v) is 8.42. The number of hydrogen-bond donors (Lipinski definition) is 2. The highest BCUT2D eigenvalue weighted by Gasteiger charge is 2.22. The first kappa shape index (κ1) is 21.6. The molecule has 33 heavy (non-hydrogen) atoms. The van der Waals surface area contributed by atoms with Crippen LogP contribution in [0, 0.1) is 6.92 Å². The number of aryl methyl sites for hydroxylation is 1. The number of rotatable bonds is 7. The van der Waals surface area contributed by atoms with Crippen LogP contribution in [0.25, 0.3) is 28.2 Å². The van der Waals surface area contributed by atoms with Gasteiger partial charge in [-0.25, -0.2) is 9.67 Å². The number of hydrogen-bond acceptors (Lipinski definition) is 7. The Morgan fingerprint density at radius 3 is 2.79 bits per heavy atom. The van der Waals surface area contributed by atoms with Crippen molar-refractivity contribution in [1.82, 2.24) is 14.8 Å². The maximum Gasteiger partial charge on any atom is 0.176 e. The quantitative estimate of drug-likeness (QED) is 0.446. The fourth-order valence-corrected chi connectivity index (χ4v) is 4.19. The van der Waals surface area contributed by atoms with Gasteiger partial charge in [0.25, 0.3) is 0 Å². The highest BCUT2D eigenvalue weighted by molar-refractivity contribution is 5.88. The van der Waals surface area contributed by atoms with E-state index in [0.717, 1.165) is 36.5 Å². The maximum atomic E-state index is 10.6. The number of aliphatic hydroxyl groups is 1. The molecular formula is C25H29N5O3. The fourth-order valence-electron chi connectivity index (χ4n) is 4.19. The summed E-state index contributed by atoms with van der Waals surface area (Å²) in [4.78, 5) is 7.06. The molecule has 1 aliphatic rings. The second-order valence-electron chi connectivity index (χ2n) is 8.42. The topological polar surface area (TPSA) is 103 Å². The molecule has 1 atom stereocenters. The standard InChI is InChI=1S/C25H29N5O3/c1-17-4-2-5-18(14-17)19-7-9-30(28-19)24-16-21(29-10-12-32-13-11-29)25-20(27-24)15-23(33-25)22(31)6-3-8-26/h2,4-5,7,9,14-16,22,31H,3,6,8,10-13,26H2,1H3. The number of aromatic nitrogens is 3. The molecule has 3 N–H and O–H groups in total. The first-order chi connectivity index (χ1) is 16.1. The number of morpholine rings is 1. The molecule has 0 aliphatic carbocycles. The van der Waals surface area contributed by atoms with E-state index in [9.17, 15) is 5.11 Å². The zero-order valence-electron chi connectivity index (χ0n) is 18.8. The van der Waals surface area contributed by atoms with E-state index in [-0.39, 0.29) is 0 Å². The van der Waals surface area contributed by atoms with Crippen molar-refractivity contribution in [2.45, 2.75) is 25.9 Å². The summed E-state index contributed by atoms with van der Waals surface area (Å²) in [6, 6.07) is 14.1. The predicted molar refractivity (Wildman–Crippen MR) is 128 cm³/mol. The van der Waals surface area contributed by atoms with Crippen LogP contribution in [0.2, 0.25) is 0 Å². The van der Waals surface area contributed by atoms with E-state index in [2.05, 4.69) is 30.0 Å². The molecule has 5 rings (SSSR count). The van der Waals surface area contributed by atoms with Crippen molar-refractivity contribution in [3.63, 3.8) is 0 Å². The Labute approximate surface area is 192 Å². The summed E-state index contributed by atoms with van der Waals surface area (Å²) in [7, 11) is 0. The molecule has 4 aromatic rings. The van der Waals surface area contributed by atoms with E-state index in [4.69, 9.17) is 25.0 Å². The molecule has 1 unspecified atom stereocenters. The van der Waals surface area contributed by atoms with Gasteiger partial charge in [0.05, 0.1) is 24.6 Å². The molecule has 0 radical (unpaired) electrons. The van der Waals surface area contributed by atoms with Crippen LogP contribution < -0.4 is 10.6 Å². The molecule has 4 heterocycles. The normalized spacial score (nSPS) is 15.3. The van der Waals surface area contributed by atoms with Crippen LogP contribution in [-0.2, 0) is 4.74 Å². The Hall–Kier alpha value is -3.20. The molecule has 0 bridgehead atoms. The van der Waals surface area contributed by atoms with Gasteiger partial charge in [-0.3, -0.25) is 0 Å². The average molecular weight is 448 g/mol.